The van der Waals surface area contributed by atoms with E-state index in [0.717, 1.165) is 12.0 Å². The number of hydrogen-bond acceptors (Lipinski definition) is 3. The van der Waals surface area contributed by atoms with Crippen molar-refractivity contribution in [2.75, 3.05) is 0 Å². The van der Waals surface area contributed by atoms with Crippen LogP contribution in [-0.4, -0.2) is 14.2 Å². The SMILES string of the molecule is Cn1c2c(c(=O)[nH]c1=O)CCC(Cc1ccc(F)cc1)C(Br)=N2. The van der Waals surface area contributed by atoms with Gasteiger partial charge in [0.2, 0.25) is 0 Å². The minimum absolute atomic E-state index is 0.0716. The number of rotatable bonds is 2. The molecule has 0 radical (unpaired) electrons. The van der Waals surface area contributed by atoms with Crippen molar-refractivity contribution in [3.63, 3.8) is 0 Å². The van der Waals surface area contributed by atoms with Gasteiger partial charge in [-0.25, -0.2) is 14.2 Å². The molecule has 1 aliphatic heterocycles. The third-order valence-corrected chi connectivity index (χ3v) is 4.90. The summed E-state index contributed by atoms with van der Waals surface area (Å²) in [4.78, 5) is 30.5. The molecule has 1 aromatic heterocycles. The smallest absolute Gasteiger partial charge is 0.281 e. The number of hydrogen-bond donors (Lipinski definition) is 1. The molecule has 1 unspecified atom stereocenters. The Balaban J connectivity index is 1.95. The van der Waals surface area contributed by atoms with Crippen LogP contribution in [0.15, 0.2) is 38.8 Å². The first-order chi connectivity index (χ1) is 11.0. The van der Waals surface area contributed by atoms with E-state index < -0.39 is 5.69 Å². The molecule has 1 aromatic carbocycles. The first-order valence-corrected chi connectivity index (χ1v) is 8.05. The van der Waals surface area contributed by atoms with Gasteiger partial charge in [-0.3, -0.25) is 14.3 Å². The maximum Gasteiger partial charge on any atom is 0.329 e. The van der Waals surface area contributed by atoms with Gasteiger partial charge in [0.15, 0.2) is 0 Å². The maximum absolute atomic E-state index is 13.0. The number of aromatic amines is 1. The highest BCUT2D eigenvalue weighted by Gasteiger charge is 2.23. The lowest BCUT2D eigenvalue weighted by Gasteiger charge is -2.13. The van der Waals surface area contributed by atoms with Crippen LogP contribution in [0.1, 0.15) is 17.5 Å². The minimum Gasteiger partial charge on any atom is -0.281 e. The van der Waals surface area contributed by atoms with E-state index in [1.54, 1.807) is 19.2 Å². The van der Waals surface area contributed by atoms with Crippen LogP contribution < -0.4 is 11.2 Å². The third kappa shape index (κ3) is 3.19. The number of nitrogens with one attached hydrogen (secondary N) is 1. The Labute approximate surface area is 140 Å². The molecule has 0 fully saturated rings. The van der Waals surface area contributed by atoms with Gasteiger partial charge in [-0.1, -0.05) is 12.1 Å². The zero-order chi connectivity index (χ0) is 16.6. The largest absolute Gasteiger partial charge is 0.329 e. The van der Waals surface area contributed by atoms with Gasteiger partial charge in [0, 0.05) is 13.0 Å². The van der Waals surface area contributed by atoms with Crippen LogP contribution in [-0.2, 0) is 19.9 Å². The third-order valence-electron chi connectivity index (χ3n) is 4.07. The molecular formula is C16H15BrFN3O2. The van der Waals surface area contributed by atoms with Gasteiger partial charge in [-0.05, 0) is 52.9 Å². The topological polar surface area (TPSA) is 67.2 Å². The van der Waals surface area contributed by atoms with E-state index >= 15 is 0 Å². The van der Waals surface area contributed by atoms with Crippen molar-refractivity contribution in [2.45, 2.75) is 19.3 Å². The summed E-state index contributed by atoms with van der Waals surface area (Å²) in [7, 11) is 1.58. The summed E-state index contributed by atoms with van der Waals surface area (Å²) in [6, 6.07) is 6.35. The molecule has 0 aliphatic carbocycles. The Kier molecular flexibility index (Phi) is 4.30. The second kappa shape index (κ2) is 6.23. The number of benzene rings is 1. The lowest BCUT2D eigenvalue weighted by molar-refractivity contribution is 0.617. The molecule has 1 atom stereocenters. The van der Waals surface area contributed by atoms with Crippen LogP contribution >= 0.6 is 15.9 Å². The lowest BCUT2D eigenvalue weighted by Crippen LogP contribution is -2.30. The van der Waals surface area contributed by atoms with Crippen molar-refractivity contribution in [2.24, 2.45) is 18.0 Å². The Hall–Kier alpha value is -2.02. The molecule has 2 aromatic rings. The van der Waals surface area contributed by atoms with Gasteiger partial charge in [-0.2, -0.15) is 0 Å². The second-order valence-corrected chi connectivity index (χ2v) is 6.43. The Morgan fingerprint density at radius 1 is 1.35 bits per heavy atom. The van der Waals surface area contributed by atoms with Gasteiger partial charge >= 0.3 is 5.69 Å². The highest BCUT2D eigenvalue weighted by atomic mass is 79.9. The monoisotopic (exact) mass is 379 g/mol. The molecule has 0 amide bonds. The Bertz CT molecular complexity index is 884. The minimum atomic E-state index is -0.477. The normalized spacial score (nSPS) is 17.3. The molecule has 120 valence electrons. The number of fused-ring (bicyclic) bond motifs is 1. The molecule has 1 aliphatic rings. The Morgan fingerprint density at radius 3 is 2.74 bits per heavy atom. The van der Waals surface area contributed by atoms with Crippen molar-refractivity contribution >= 4 is 26.4 Å². The maximum atomic E-state index is 13.0. The number of aliphatic imine (C=N–C) groups is 1. The summed E-state index contributed by atoms with van der Waals surface area (Å²) in [5, 5.41) is 0. The van der Waals surface area contributed by atoms with E-state index in [0.29, 0.717) is 28.8 Å². The van der Waals surface area contributed by atoms with Crippen LogP contribution in [0.2, 0.25) is 0 Å². The standard InChI is InChI=1S/C16H15BrFN3O2/c1-21-14-12(15(22)20-16(21)23)7-4-10(13(17)19-14)8-9-2-5-11(18)6-3-9/h2-3,5-6,10H,4,7-8H2,1H3,(H,20,22,23). The van der Waals surface area contributed by atoms with Crippen LogP contribution in [0.3, 0.4) is 0 Å². The lowest BCUT2D eigenvalue weighted by atomic mass is 9.95. The zero-order valence-corrected chi connectivity index (χ0v) is 14.1. The molecule has 0 bridgehead atoms. The van der Waals surface area contributed by atoms with Gasteiger partial charge in [-0.15, -0.1) is 0 Å². The summed E-state index contributed by atoms with van der Waals surface area (Å²) in [5.41, 5.74) is 0.660. The van der Waals surface area contributed by atoms with E-state index in [1.165, 1.54) is 16.7 Å². The van der Waals surface area contributed by atoms with Crippen molar-refractivity contribution in [1.82, 2.24) is 9.55 Å². The number of H-pyrrole nitrogens is 1. The van der Waals surface area contributed by atoms with Gasteiger partial charge < -0.3 is 0 Å². The summed E-state index contributed by atoms with van der Waals surface area (Å²) in [6.45, 7) is 0. The predicted octanol–water partition coefficient (Wildman–Crippen LogP) is 2.44. The molecule has 0 saturated carbocycles. The predicted molar refractivity (Wildman–Crippen MR) is 90.2 cm³/mol. The fourth-order valence-corrected chi connectivity index (χ4v) is 3.30. The molecule has 3 rings (SSSR count). The summed E-state index contributed by atoms with van der Waals surface area (Å²) >= 11 is 3.48. The zero-order valence-electron chi connectivity index (χ0n) is 12.5. The van der Waals surface area contributed by atoms with E-state index in [-0.39, 0.29) is 17.3 Å². The molecule has 1 N–H and O–H groups in total. The molecule has 0 saturated heterocycles. The molecule has 2 heterocycles. The molecule has 23 heavy (non-hydrogen) atoms. The highest BCUT2D eigenvalue weighted by molar-refractivity contribution is 9.18. The van der Waals surface area contributed by atoms with Crippen LogP contribution in [0.5, 0.6) is 0 Å². The Morgan fingerprint density at radius 2 is 2.04 bits per heavy atom. The van der Waals surface area contributed by atoms with Gasteiger partial charge in [0.05, 0.1) is 10.2 Å². The van der Waals surface area contributed by atoms with E-state index in [2.05, 4.69) is 25.9 Å². The van der Waals surface area contributed by atoms with Crippen LogP contribution in [0, 0.1) is 11.7 Å². The first kappa shape index (κ1) is 15.9. The number of aromatic nitrogens is 2. The quantitative estimate of drug-likeness (QED) is 0.870. The van der Waals surface area contributed by atoms with Gasteiger partial charge in [0.1, 0.15) is 11.6 Å². The van der Waals surface area contributed by atoms with Crippen molar-refractivity contribution < 1.29 is 4.39 Å². The highest BCUT2D eigenvalue weighted by Crippen LogP contribution is 2.28. The molecule has 7 heteroatoms. The number of halogens is 2. The fraction of sp³-hybridized carbons (Fsp3) is 0.312. The average Bonchev–Trinajstić information content (AvgIpc) is 2.68. The molecular weight excluding hydrogens is 365 g/mol. The van der Waals surface area contributed by atoms with Gasteiger partial charge in [0.25, 0.3) is 5.56 Å². The summed E-state index contributed by atoms with van der Waals surface area (Å²) in [5.74, 6) is 0.200. The van der Waals surface area contributed by atoms with E-state index in [9.17, 15) is 14.0 Å². The summed E-state index contributed by atoms with van der Waals surface area (Å²) < 4.78 is 15.1. The molecule has 5 nitrogen and oxygen atoms in total. The van der Waals surface area contributed by atoms with Crippen LogP contribution in [0.25, 0.3) is 0 Å². The average molecular weight is 380 g/mol. The second-order valence-electron chi connectivity index (χ2n) is 5.62. The van der Waals surface area contributed by atoms with E-state index in [1.807, 2.05) is 0 Å². The van der Waals surface area contributed by atoms with Crippen LogP contribution in [0.4, 0.5) is 10.2 Å². The summed E-state index contributed by atoms with van der Waals surface area (Å²) in [6.07, 6.45) is 1.93. The van der Waals surface area contributed by atoms with Crippen molar-refractivity contribution in [1.29, 1.82) is 0 Å². The first-order valence-electron chi connectivity index (χ1n) is 7.26. The molecule has 0 spiro atoms. The van der Waals surface area contributed by atoms with E-state index in [4.69, 9.17) is 0 Å². The fourth-order valence-electron chi connectivity index (χ4n) is 2.75. The van der Waals surface area contributed by atoms with Crippen molar-refractivity contribution in [3.8, 4) is 0 Å². The van der Waals surface area contributed by atoms with Crippen molar-refractivity contribution in [3.05, 3.63) is 62.0 Å². The number of nitrogens with zero attached hydrogens (tertiary/aromatic N) is 2.